The Morgan fingerprint density at radius 1 is 1.03 bits per heavy atom. The topological polar surface area (TPSA) is 72.8 Å². The molecule has 2 heterocycles. The summed E-state index contributed by atoms with van der Waals surface area (Å²) in [5.74, 6) is -1.16. The van der Waals surface area contributed by atoms with Crippen molar-refractivity contribution >= 4 is 33.9 Å². The van der Waals surface area contributed by atoms with Crippen LogP contribution in [0.3, 0.4) is 0 Å². The molecule has 1 N–H and O–H groups in total. The molecule has 1 aliphatic rings. The van der Waals surface area contributed by atoms with Crippen LogP contribution in [0.2, 0.25) is 0 Å². The summed E-state index contributed by atoms with van der Waals surface area (Å²) in [4.78, 5) is 28.0. The van der Waals surface area contributed by atoms with Gasteiger partial charge < -0.3 is 18.9 Å². The SMILES string of the molecule is CCOCCN(C)CCn1cc(C2=C(c3cccc(OCCF)c3)C(=O)NC2=O)c2cc(F)ccc21. The zero-order chi connectivity index (χ0) is 25.7. The summed E-state index contributed by atoms with van der Waals surface area (Å²) < 4.78 is 39.6. The fourth-order valence-corrected chi connectivity index (χ4v) is 4.29. The van der Waals surface area contributed by atoms with E-state index in [-0.39, 0.29) is 17.8 Å². The van der Waals surface area contributed by atoms with E-state index in [0.29, 0.717) is 48.6 Å². The average molecular weight is 498 g/mol. The van der Waals surface area contributed by atoms with Crippen LogP contribution < -0.4 is 10.1 Å². The van der Waals surface area contributed by atoms with E-state index in [1.165, 1.54) is 12.1 Å². The Morgan fingerprint density at radius 3 is 2.61 bits per heavy atom. The Labute approximate surface area is 208 Å². The van der Waals surface area contributed by atoms with Gasteiger partial charge in [-0.3, -0.25) is 14.9 Å². The number of hydrogen-bond donors (Lipinski definition) is 1. The highest BCUT2D eigenvalue weighted by molar-refractivity contribution is 6.50. The maximum atomic E-state index is 14.3. The van der Waals surface area contributed by atoms with Crippen LogP contribution >= 0.6 is 0 Å². The molecule has 3 aromatic rings. The summed E-state index contributed by atoms with van der Waals surface area (Å²) in [6.07, 6.45) is 1.79. The van der Waals surface area contributed by atoms with Gasteiger partial charge in [-0.05, 0) is 49.9 Å². The van der Waals surface area contributed by atoms with Gasteiger partial charge in [-0.2, -0.15) is 0 Å². The van der Waals surface area contributed by atoms with Gasteiger partial charge in [0.2, 0.25) is 0 Å². The maximum Gasteiger partial charge on any atom is 0.259 e. The van der Waals surface area contributed by atoms with E-state index in [4.69, 9.17) is 9.47 Å². The second-order valence-corrected chi connectivity index (χ2v) is 8.50. The van der Waals surface area contributed by atoms with Gasteiger partial charge >= 0.3 is 0 Å². The Hall–Kier alpha value is -3.56. The van der Waals surface area contributed by atoms with Crippen LogP contribution in [-0.2, 0) is 20.9 Å². The van der Waals surface area contributed by atoms with Crippen molar-refractivity contribution in [2.75, 3.05) is 46.6 Å². The van der Waals surface area contributed by atoms with E-state index < -0.39 is 24.3 Å². The van der Waals surface area contributed by atoms with E-state index in [1.54, 1.807) is 36.5 Å². The highest BCUT2D eigenvalue weighted by Gasteiger charge is 2.34. The van der Waals surface area contributed by atoms with Gasteiger partial charge in [0.25, 0.3) is 11.8 Å². The summed E-state index contributed by atoms with van der Waals surface area (Å²) >= 11 is 0. The monoisotopic (exact) mass is 497 g/mol. The standard InChI is InChI=1S/C27H29F2N3O4/c1-3-35-14-12-31(2)10-11-32-17-22(21-16-19(29)7-8-23(21)32)25-24(26(33)30-27(25)34)18-5-4-6-20(15-18)36-13-9-28/h4-8,15-17H,3,9-14H2,1-2H3,(H,30,33,34). The number of nitrogens with zero attached hydrogens (tertiary/aromatic N) is 2. The maximum absolute atomic E-state index is 14.3. The van der Waals surface area contributed by atoms with Crippen LogP contribution in [0.4, 0.5) is 8.78 Å². The third kappa shape index (κ3) is 5.47. The number of likely N-dealkylation sites (N-methyl/N-ethyl adjacent to an activating group) is 1. The van der Waals surface area contributed by atoms with Crippen molar-refractivity contribution in [2.45, 2.75) is 13.5 Å². The van der Waals surface area contributed by atoms with Crippen molar-refractivity contribution in [2.24, 2.45) is 0 Å². The number of alkyl halides is 1. The zero-order valence-corrected chi connectivity index (χ0v) is 20.4. The van der Waals surface area contributed by atoms with Crippen molar-refractivity contribution < 1.29 is 27.8 Å². The summed E-state index contributed by atoms with van der Waals surface area (Å²) in [6.45, 7) is 4.54. The van der Waals surface area contributed by atoms with Gasteiger partial charge in [0.1, 0.15) is 24.8 Å². The molecule has 0 saturated carbocycles. The molecular formula is C27H29F2N3O4. The Kier molecular flexibility index (Phi) is 8.12. The van der Waals surface area contributed by atoms with Gasteiger partial charge in [0.05, 0.1) is 17.8 Å². The minimum Gasteiger partial charge on any atom is -0.491 e. The van der Waals surface area contributed by atoms with Crippen LogP contribution in [-0.4, -0.2) is 67.9 Å². The molecule has 36 heavy (non-hydrogen) atoms. The molecule has 4 rings (SSSR count). The molecule has 1 aromatic heterocycles. The number of carbonyl (C=O) groups is 2. The molecule has 0 spiro atoms. The van der Waals surface area contributed by atoms with Crippen LogP contribution in [0.5, 0.6) is 5.75 Å². The van der Waals surface area contributed by atoms with Crippen molar-refractivity contribution in [3.63, 3.8) is 0 Å². The minimum atomic E-state index is -0.650. The lowest BCUT2D eigenvalue weighted by molar-refractivity contribution is -0.122. The Balaban J connectivity index is 1.75. The predicted molar refractivity (Wildman–Crippen MR) is 134 cm³/mol. The summed E-state index contributed by atoms with van der Waals surface area (Å²) in [6, 6.07) is 11.0. The number of carbonyl (C=O) groups excluding carboxylic acids is 2. The fourth-order valence-electron chi connectivity index (χ4n) is 4.29. The number of imide groups is 1. The van der Waals surface area contributed by atoms with Crippen LogP contribution in [0, 0.1) is 5.82 Å². The largest absolute Gasteiger partial charge is 0.491 e. The molecule has 7 nitrogen and oxygen atoms in total. The van der Waals surface area contributed by atoms with Crippen molar-refractivity contribution in [3.05, 3.63) is 65.6 Å². The van der Waals surface area contributed by atoms with Gasteiger partial charge in [0, 0.05) is 48.9 Å². The second kappa shape index (κ2) is 11.5. The fraction of sp³-hybridized carbons (Fsp3) is 0.333. The molecule has 0 fully saturated rings. The molecule has 9 heteroatoms. The van der Waals surface area contributed by atoms with E-state index in [9.17, 15) is 18.4 Å². The minimum absolute atomic E-state index is 0.119. The number of benzene rings is 2. The highest BCUT2D eigenvalue weighted by Crippen LogP contribution is 2.37. The molecule has 2 aromatic carbocycles. The van der Waals surface area contributed by atoms with E-state index in [0.717, 1.165) is 12.1 Å². The molecule has 0 bridgehead atoms. The van der Waals surface area contributed by atoms with E-state index in [1.807, 2.05) is 18.5 Å². The molecular weight excluding hydrogens is 468 g/mol. The predicted octanol–water partition coefficient (Wildman–Crippen LogP) is 3.66. The first-order chi connectivity index (χ1) is 17.4. The zero-order valence-electron chi connectivity index (χ0n) is 20.4. The van der Waals surface area contributed by atoms with Gasteiger partial charge in [-0.15, -0.1) is 0 Å². The molecule has 0 aliphatic carbocycles. The molecule has 0 unspecified atom stereocenters. The number of halogens is 2. The lowest BCUT2D eigenvalue weighted by Crippen LogP contribution is -2.26. The lowest BCUT2D eigenvalue weighted by Gasteiger charge is -2.17. The number of nitrogens with one attached hydrogen (secondary N) is 1. The summed E-state index contributed by atoms with van der Waals surface area (Å²) in [7, 11) is 1.99. The third-order valence-corrected chi connectivity index (χ3v) is 6.06. The van der Waals surface area contributed by atoms with Crippen LogP contribution in [0.1, 0.15) is 18.1 Å². The van der Waals surface area contributed by atoms with Crippen LogP contribution in [0.25, 0.3) is 22.0 Å². The molecule has 0 atom stereocenters. The van der Waals surface area contributed by atoms with Crippen LogP contribution in [0.15, 0.2) is 48.7 Å². The highest BCUT2D eigenvalue weighted by atomic mass is 19.1. The second-order valence-electron chi connectivity index (χ2n) is 8.50. The van der Waals surface area contributed by atoms with Crippen molar-refractivity contribution in [3.8, 4) is 5.75 Å². The Bertz CT molecular complexity index is 1300. The molecule has 2 amide bonds. The normalized spacial score (nSPS) is 13.8. The number of aromatic nitrogens is 1. The number of rotatable bonds is 12. The number of fused-ring (bicyclic) bond motifs is 1. The molecule has 190 valence electrons. The molecule has 1 aliphatic heterocycles. The molecule has 0 saturated heterocycles. The summed E-state index contributed by atoms with van der Waals surface area (Å²) in [5, 5.41) is 2.90. The number of hydrogen-bond acceptors (Lipinski definition) is 5. The first-order valence-electron chi connectivity index (χ1n) is 11.9. The van der Waals surface area contributed by atoms with Crippen molar-refractivity contribution in [1.82, 2.24) is 14.8 Å². The number of amides is 2. The summed E-state index contributed by atoms with van der Waals surface area (Å²) in [5.41, 5.74) is 2.01. The third-order valence-electron chi connectivity index (χ3n) is 6.06. The van der Waals surface area contributed by atoms with Gasteiger partial charge in [-0.1, -0.05) is 12.1 Å². The number of ether oxygens (including phenoxy) is 2. The quantitative estimate of drug-likeness (QED) is 0.306. The van der Waals surface area contributed by atoms with Gasteiger partial charge in [0.15, 0.2) is 0 Å². The van der Waals surface area contributed by atoms with Crippen molar-refractivity contribution in [1.29, 1.82) is 0 Å². The first kappa shape index (κ1) is 25.5. The van der Waals surface area contributed by atoms with Gasteiger partial charge in [-0.25, -0.2) is 8.78 Å². The smallest absolute Gasteiger partial charge is 0.259 e. The molecule has 0 radical (unpaired) electrons. The van der Waals surface area contributed by atoms with E-state index in [2.05, 4.69) is 10.2 Å². The first-order valence-corrected chi connectivity index (χ1v) is 11.9. The Morgan fingerprint density at radius 2 is 1.83 bits per heavy atom. The lowest BCUT2D eigenvalue weighted by atomic mass is 9.96. The average Bonchev–Trinajstić information content (AvgIpc) is 3.36. The van der Waals surface area contributed by atoms with E-state index >= 15 is 0 Å².